The first-order chi connectivity index (χ1) is 7.94. The molecule has 0 atom stereocenters. The van der Waals surface area contributed by atoms with E-state index in [4.69, 9.17) is 0 Å². The van der Waals surface area contributed by atoms with Crippen molar-refractivity contribution < 1.29 is 5.11 Å². The summed E-state index contributed by atoms with van der Waals surface area (Å²) < 4.78 is 1.73. The first-order valence-electron chi connectivity index (χ1n) is 5.65. The van der Waals surface area contributed by atoms with Crippen LogP contribution in [0.4, 0.5) is 0 Å². The Morgan fingerprint density at radius 3 is 2.76 bits per heavy atom. The third-order valence-electron chi connectivity index (χ3n) is 2.42. The van der Waals surface area contributed by atoms with Gasteiger partial charge in [-0.15, -0.1) is 5.10 Å². The maximum atomic E-state index is 9.72. The van der Waals surface area contributed by atoms with E-state index in [1.165, 1.54) is 5.56 Å². The normalized spacial score (nSPS) is 11.8. The molecule has 0 saturated heterocycles. The Morgan fingerprint density at radius 1 is 1.35 bits per heavy atom. The molecule has 2 rings (SSSR count). The van der Waals surface area contributed by atoms with Gasteiger partial charge >= 0.3 is 0 Å². The lowest BCUT2D eigenvalue weighted by molar-refractivity contribution is 0.0799. The van der Waals surface area contributed by atoms with Gasteiger partial charge < -0.3 is 5.11 Å². The SMILES string of the molecule is Cc1cccc(-n2cc(CC(C)(C)O)nn2)c1. The number of hydrogen-bond acceptors (Lipinski definition) is 3. The van der Waals surface area contributed by atoms with Crippen LogP contribution >= 0.6 is 0 Å². The topological polar surface area (TPSA) is 50.9 Å². The second-order valence-corrected chi connectivity index (χ2v) is 4.98. The van der Waals surface area contributed by atoms with Crippen LogP contribution in [0.3, 0.4) is 0 Å². The summed E-state index contributed by atoms with van der Waals surface area (Å²) in [6, 6.07) is 8.05. The zero-order valence-corrected chi connectivity index (χ0v) is 10.4. The van der Waals surface area contributed by atoms with E-state index in [0.717, 1.165) is 11.4 Å². The number of aromatic nitrogens is 3. The Bertz CT molecular complexity index is 511. The van der Waals surface area contributed by atoms with Gasteiger partial charge in [-0.1, -0.05) is 17.3 Å². The third-order valence-corrected chi connectivity index (χ3v) is 2.42. The molecular formula is C13H17N3O. The molecule has 0 spiro atoms. The van der Waals surface area contributed by atoms with Crippen LogP contribution in [0.5, 0.6) is 0 Å². The first-order valence-corrected chi connectivity index (χ1v) is 5.65. The summed E-state index contributed by atoms with van der Waals surface area (Å²) in [6.45, 7) is 5.57. The van der Waals surface area contributed by atoms with Crippen molar-refractivity contribution in [3.05, 3.63) is 41.7 Å². The van der Waals surface area contributed by atoms with Crippen molar-refractivity contribution >= 4 is 0 Å². The number of nitrogens with zero attached hydrogens (tertiary/aromatic N) is 3. The van der Waals surface area contributed by atoms with E-state index in [1.54, 1.807) is 18.5 Å². The Labute approximate surface area is 101 Å². The monoisotopic (exact) mass is 231 g/mol. The molecule has 17 heavy (non-hydrogen) atoms. The highest BCUT2D eigenvalue weighted by Crippen LogP contribution is 2.12. The van der Waals surface area contributed by atoms with Crippen LogP contribution in [0, 0.1) is 6.92 Å². The highest BCUT2D eigenvalue weighted by molar-refractivity contribution is 5.34. The zero-order chi connectivity index (χ0) is 12.5. The van der Waals surface area contributed by atoms with E-state index < -0.39 is 5.60 Å². The molecule has 1 aromatic heterocycles. The molecule has 0 saturated carbocycles. The molecule has 4 heteroatoms. The maximum Gasteiger partial charge on any atom is 0.0860 e. The molecule has 1 heterocycles. The highest BCUT2D eigenvalue weighted by Gasteiger charge is 2.16. The molecule has 0 unspecified atom stereocenters. The standard InChI is InChI=1S/C13H17N3O/c1-10-5-4-6-12(7-10)16-9-11(14-15-16)8-13(2,3)17/h4-7,9,17H,8H2,1-3H3. The van der Waals surface area contributed by atoms with Crippen molar-refractivity contribution in [1.29, 1.82) is 0 Å². The van der Waals surface area contributed by atoms with Crippen LogP contribution in [0.25, 0.3) is 5.69 Å². The van der Waals surface area contributed by atoms with E-state index >= 15 is 0 Å². The van der Waals surface area contributed by atoms with Gasteiger partial charge in [-0.3, -0.25) is 0 Å². The number of aliphatic hydroxyl groups is 1. The van der Waals surface area contributed by atoms with Crippen LogP contribution in [-0.4, -0.2) is 25.7 Å². The van der Waals surface area contributed by atoms with Gasteiger partial charge in [0, 0.05) is 6.42 Å². The second-order valence-electron chi connectivity index (χ2n) is 4.98. The molecule has 0 amide bonds. The lowest BCUT2D eigenvalue weighted by atomic mass is 10.0. The fraction of sp³-hybridized carbons (Fsp3) is 0.385. The Hall–Kier alpha value is -1.68. The van der Waals surface area contributed by atoms with Gasteiger partial charge in [0.15, 0.2) is 0 Å². The maximum absolute atomic E-state index is 9.72. The predicted molar refractivity (Wildman–Crippen MR) is 66.1 cm³/mol. The molecule has 90 valence electrons. The zero-order valence-electron chi connectivity index (χ0n) is 10.4. The number of aryl methyl sites for hydroxylation is 1. The van der Waals surface area contributed by atoms with Gasteiger partial charge in [0.2, 0.25) is 0 Å². The van der Waals surface area contributed by atoms with E-state index in [2.05, 4.69) is 10.3 Å². The van der Waals surface area contributed by atoms with Gasteiger partial charge in [0.1, 0.15) is 0 Å². The molecule has 0 aliphatic rings. The van der Waals surface area contributed by atoms with E-state index in [-0.39, 0.29) is 0 Å². The Morgan fingerprint density at radius 2 is 2.12 bits per heavy atom. The highest BCUT2D eigenvalue weighted by atomic mass is 16.3. The molecular weight excluding hydrogens is 214 g/mol. The summed E-state index contributed by atoms with van der Waals surface area (Å²) in [6.07, 6.45) is 2.35. The summed E-state index contributed by atoms with van der Waals surface area (Å²) >= 11 is 0. The van der Waals surface area contributed by atoms with E-state index in [0.29, 0.717) is 6.42 Å². The fourth-order valence-electron chi connectivity index (χ4n) is 1.72. The molecule has 2 aromatic rings. The summed E-state index contributed by atoms with van der Waals surface area (Å²) in [7, 11) is 0. The minimum absolute atomic E-state index is 0.499. The van der Waals surface area contributed by atoms with Crippen molar-refractivity contribution in [3.8, 4) is 5.69 Å². The Balaban J connectivity index is 2.24. The summed E-state index contributed by atoms with van der Waals surface area (Å²) in [5.74, 6) is 0. The van der Waals surface area contributed by atoms with Crippen molar-refractivity contribution in [2.45, 2.75) is 32.8 Å². The molecule has 0 fully saturated rings. The van der Waals surface area contributed by atoms with Gasteiger partial charge in [-0.2, -0.15) is 0 Å². The molecule has 0 aliphatic heterocycles. The Kier molecular flexibility index (Phi) is 2.98. The minimum atomic E-state index is -0.756. The summed E-state index contributed by atoms with van der Waals surface area (Å²) in [5, 5.41) is 17.8. The minimum Gasteiger partial charge on any atom is -0.390 e. The van der Waals surface area contributed by atoms with E-state index in [9.17, 15) is 5.11 Å². The molecule has 0 radical (unpaired) electrons. The van der Waals surface area contributed by atoms with Crippen LogP contribution < -0.4 is 0 Å². The van der Waals surface area contributed by atoms with Crippen molar-refractivity contribution in [3.63, 3.8) is 0 Å². The van der Waals surface area contributed by atoms with Crippen LogP contribution in [0.1, 0.15) is 25.1 Å². The van der Waals surface area contributed by atoms with Gasteiger partial charge in [0.05, 0.1) is 23.2 Å². The van der Waals surface area contributed by atoms with Crippen molar-refractivity contribution in [2.75, 3.05) is 0 Å². The smallest absolute Gasteiger partial charge is 0.0860 e. The first kappa shape index (κ1) is 11.8. The van der Waals surface area contributed by atoms with E-state index in [1.807, 2.05) is 37.4 Å². The van der Waals surface area contributed by atoms with Gasteiger partial charge in [0.25, 0.3) is 0 Å². The third kappa shape index (κ3) is 3.14. The summed E-state index contributed by atoms with van der Waals surface area (Å²) in [4.78, 5) is 0. The average molecular weight is 231 g/mol. The second kappa shape index (κ2) is 4.30. The van der Waals surface area contributed by atoms with Gasteiger partial charge in [-0.05, 0) is 38.5 Å². The number of benzene rings is 1. The molecule has 0 aliphatic carbocycles. The summed E-state index contributed by atoms with van der Waals surface area (Å²) in [5.41, 5.74) is 2.20. The van der Waals surface area contributed by atoms with Crippen molar-refractivity contribution in [1.82, 2.24) is 15.0 Å². The van der Waals surface area contributed by atoms with Crippen LogP contribution in [0.15, 0.2) is 30.5 Å². The molecule has 1 N–H and O–H groups in total. The molecule has 0 bridgehead atoms. The number of rotatable bonds is 3. The van der Waals surface area contributed by atoms with Crippen molar-refractivity contribution in [2.24, 2.45) is 0 Å². The van der Waals surface area contributed by atoms with Crippen LogP contribution in [0.2, 0.25) is 0 Å². The largest absolute Gasteiger partial charge is 0.390 e. The lowest BCUT2D eigenvalue weighted by Gasteiger charge is -2.13. The lowest BCUT2D eigenvalue weighted by Crippen LogP contribution is -2.22. The van der Waals surface area contributed by atoms with Gasteiger partial charge in [-0.25, -0.2) is 4.68 Å². The number of hydrogen-bond donors (Lipinski definition) is 1. The quantitative estimate of drug-likeness (QED) is 0.877. The predicted octanol–water partition coefficient (Wildman–Crippen LogP) is 1.89. The molecule has 4 nitrogen and oxygen atoms in total. The molecule has 1 aromatic carbocycles. The van der Waals surface area contributed by atoms with Crippen LogP contribution in [-0.2, 0) is 6.42 Å². The fourth-order valence-corrected chi connectivity index (χ4v) is 1.72. The average Bonchev–Trinajstić information content (AvgIpc) is 2.63.